The van der Waals surface area contributed by atoms with Gasteiger partial charge in [0.2, 0.25) is 0 Å². The van der Waals surface area contributed by atoms with Crippen molar-refractivity contribution in [1.82, 2.24) is 0 Å². The highest BCUT2D eigenvalue weighted by atomic mass is 79.9. The molecule has 0 aromatic rings. The van der Waals surface area contributed by atoms with Crippen molar-refractivity contribution in [2.45, 2.75) is 40.5 Å². The molecule has 0 amide bonds. The van der Waals surface area contributed by atoms with E-state index in [1.165, 1.54) is 12.8 Å². The van der Waals surface area contributed by atoms with Crippen LogP contribution in [0.1, 0.15) is 40.5 Å². The lowest BCUT2D eigenvalue weighted by Gasteiger charge is -2.38. The Morgan fingerprint density at radius 2 is 1.83 bits per heavy atom. The van der Waals surface area contributed by atoms with Crippen LogP contribution >= 0.6 is 15.9 Å². The van der Waals surface area contributed by atoms with Crippen LogP contribution in [0.15, 0.2) is 11.6 Å². The second-order valence-electron chi connectivity index (χ2n) is 5.18. The van der Waals surface area contributed by atoms with E-state index in [0.29, 0.717) is 10.8 Å². The first-order valence-electron chi connectivity index (χ1n) is 4.66. The molecule has 70 valence electrons. The lowest BCUT2D eigenvalue weighted by Crippen LogP contribution is -2.26. The number of rotatable bonds is 1. The van der Waals surface area contributed by atoms with Gasteiger partial charge in [-0.25, -0.2) is 0 Å². The van der Waals surface area contributed by atoms with Gasteiger partial charge in [0.15, 0.2) is 0 Å². The van der Waals surface area contributed by atoms with E-state index in [9.17, 15) is 0 Å². The molecule has 0 saturated heterocycles. The van der Waals surface area contributed by atoms with E-state index in [4.69, 9.17) is 0 Å². The minimum absolute atomic E-state index is 0.415. The van der Waals surface area contributed by atoms with Gasteiger partial charge < -0.3 is 0 Å². The quantitative estimate of drug-likeness (QED) is 0.469. The van der Waals surface area contributed by atoms with E-state index in [1.807, 2.05) is 0 Å². The Labute approximate surface area is 84.6 Å². The molecule has 0 spiro atoms. The third-order valence-electron chi connectivity index (χ3n) is 2.97. The van der Waals surface area contributed by atoms with Crippen LogP contribution in [0.25, 0.3) is 0 Å². The molecular weight excluding hydrogens is 212 g/mol. The van der Waals surface area contributed by atoms with Gasteiger partial charge in [-0.15, -0.1) is 0 Å². The zero-order valence-electron chi connectivity index (χ0n) is 8.58. The maximum absolute atomic E-state index is 3.57. The summed E-state index contributed by atoms with van der Waals surface area (Å²) in [5, 5.41) is 1.03. The first kappa shape index (κ1) is 10.3. The van der Waals surface area contributed by atoms with Crippen LogP contribution in [0.5, 0.6) is 0 Å². The molecule has 0 radical (unpaired) electrons. The molecule has 0 nitrogen and oxygen atoms in total. The Morgan fingerprint density at radius 1 is 1.25 bits per heavy atom. The Morgan fingerprint density at radius 3 is 2.25 bits per heavy atom. The first-order chi connectivity index (χ1) is 5.37. The Balaban J connectivity index is 2.93. The van der Waals surface area contributed by atoms with E-state index < -0.39 is 0 Å². The Bertz CT molecular complexity index is 199. The number of hydrogen-bond donors (Lipinski definition) is 0. The molecule has 0 heterocycles. The fourth-order valence-corrected chi connectivity index (χ4v) is 2.67. The van der Waals surface area contributed by atoms with E-state index in [0.717, 1.165) is 5.33 Å². The molecule has 0 atom stereocenters. The fraction of sp³-hybridized carbons (Fsp3) is 0.818. The summed E-state index contributed by atoms with van der Waals surface area (Å²) in [5.41, 5.74) is 2.40. The predicted molar refractivity (Wildman–Crippen MR) is 58.7 cm³/mol. The molecule has 0 aliphatic heterocycles. The number of allylic oxidation sites excluding steroid dienone is 2. The van der Waals surface area contributed by atoms with Crippen molar-refractivity contribution < 1.29 is 0 Å². The van der Waals surface area contributed by atoms with Crippen LogP contribution in [-0.2, 0) is 0 Å². The van der Waals surface area contributed by atoms with Crippen LogP contribution in [0.4, 0.5) is 0 Å². The topological polar surface area (TPSA) is 0 Å². The summed E-state index contributed by atoms with van der Waals surface area (Å²) in [4.78, 5) is 0. The van der Waals surface area contributed by atoms with Crippen LogP contribution in [0, 0.1) is 10.8 Å². The second kappa shape index (κ2) is 3.17. The van der Waals surface area contributed by atoms with Crippen molar-refractivity contribution in [3.63, 3.8) is 0 Å². The maximum atomic E-state index is 3.57. The highest BCUT2D eigenvalue weighted by Gasteiger charge is 2.31. The third-order valence-corrected chi connectivity index (χ3v) is 3.58. The molecule has 1 aliphatic rings. The normalized spacial score (nSPS) is 26.6. The minimum atomic E-state index is 0.415. The number of hydrogen-bond acceptors (Lipinski definition) is 0. The molecule has 0 N–H and O–H groups in total. The molecule has 0 aromatic carbocycles. The SMILES string of the molecule is CC1(C)C=C(CBr)C(C)(C)CC1. The lowest BCUT2D eigenvalue weighted by molar-refractivity contribution is 0.281. The molecule has 0 unspecified atom stereocenters. The van der Waals surface area contributed by atoms with Crippen LogP contribution < -0.4 is 0 Å². The van der Waals surface area contributed by atoms with Crippen molar-refractivity contribution in [3.8, 4) is 0 Å². The van der Waals surface area contributed by atoms with E-state index >= 15 is 0 Å². The van der Waals surface area contributed by atoms with Gasteiger partial charge in [0, 0.05) is 5.33 Å². The van der Waals surface area contributed by atoms with Crippen molar-refractivity contribution in [2.75, 3.05) is 5.33 Å². The summed E-state index contributed by atoms with van der Waals surface area (Å²) in [7, 11) is 0. The van der Waals surface area contributed by atoms with Crippen molar-refractivity contribution in [1.29, 1.82) is 0 Å². The second-order valence-corrected chi connectivity index (χ2v) is 5.74. The molecule has 0 fully saturated rings. The van der Waals surface area contributed by atoms with Crippen molar-refractivity contribution >= 4 is 15.9 Å². The lowest BCUT2D eigenvalue weighted by atomic mass is 9.68. The monoisotopic (exact) mass is 230 g/mol. The molecule has 1 heteroatoms. The van der Waals surface area contributed by atoms with Gasteiger partial charge in [-0.05, 0) is 23.7 Å². The summed E-state index contributed by atoms with van der Waals surface area (Å²) in [6.45, 7) is 9.33. The van der Waals surface area contributed by atoms with Crippen molar-refractivity contribution in [3.05, 3.63) is 11.6 Å². The summed E-state index contributed by atoms with van der Waals surface area (Å²) in [6.07, 6.45) is 5.08. The summed E-state index contributed by atoms with van der Waals surface area (Å²) in [6, 6.07) is 0. The van der Waals surface area contributed by atoms with Crippen LogP contribution in [0.2, 0.25) is 0 Å². The molecular formula is C11H19Br. The summed E-state index contributed by atoms with van der Waals surface area (Å²) < 4.78 is 0. The van der Waals surface area contributed by atoms with E-state index in [-0.39, 0.29) is 0 Å². The van der Waals surface area contributed by atoms with Gasteiger partial charge >= 0.3 is 0 Å². The third kappa shape index (κ3) is 2.12. The van der Waals surface area contributed by atoms with Crippen molar-refractivity contribution in [2.24, 2.45) is 10.8 Å². The van der Waals surface area contributed by atoms with Crippen LogP contribution in [-0.4, -0.2) is 5.33 Å². The molecule has 0 bridgehead atoms. The minimum Gasteiger partial charge on any atom is -0.0880 e. The van der Waals surface area contributed by atoms with Crippen LogP contribution in [0.3, 0.4) is 0 Å². The number of alkyl halides is 1. The molecule has 1 rings (SSSR count). The fourth-order valence-electron chi connectivity index (χ4n) is 1.75. The Hall–Kier alpha value is 0.220. The standard InChI is InChI=1S/C11H19Br/c1-10(2)5-6-11(3,4)9(7-10)8-12/h7H,5-6,8H2,1-4H3. The first-order valence-corrected chi connectivity index (χ1v) is 5.78. The van der Waals surface area contributed by atoms with Gasteiger partial charge in [0.05, 0.1) is 0 Å². The number of halogens is 1. The van der Waals surface area contributed by atoms with Gasteiger partial charge in [0.1, 0.15) is 0 Å². The van der Waals surface area contributed by atoms with Gasteiger partial charge in [0.25, 0.3) is 0 Å². The molecule has 0 aromatic heterocycles. The summed E-state index contributed by atoms with van der Waals surface area (Å²) in [5.74, 6) is 0. The van der Waals surface area contributed by atoms with Gasteiger partial charge in [-0.3, -0.25) is 0 Å². The molecule has 0 saturated carbocycles. The average Bonchev–Trinajstić information content (AvgIpc) is 1.95. The Kier molecular flexibility index (Phi) is 2.72. The smallest absolute Gasteiger partial charge is 0.0247 e. The highest BCUT2D eigenvalue weighted by molar-refractivity contribution is 9.09. The van der Waals surface area contributed by atoms with Gasteiger partial charge in [-0.1, -0.05) is 55.3 Å². The van der Waals surface area contributed by atoms with E-state index in [1.54, 1.807) is 5.57 Å². The largest absolute Gasteiger partial charge is 0.0880 e. The predicted octanol–water partition coefficient (Wildman–Crippen LogP) is 4.15. The molecule has 12 heavy (non-hydrogen) atoms. The zero-order chi connectivity index (χ0) is 9.41. The average molecular weight is 231 g/mol. The summed E-state index contributed by atoms with van der Waals surface area (Å²) >= 11 is 3.57. The zero-order valence-corrected chi connectivity index (χ0v) is 10.2. The van der Waals surface area contributed by atoms with Gasteiger partial charge in [-0.2, -0.15) is 0 Å². The maximum Gasteiger partial charge on any atom is 0.0247 e. The molecule has 1 aliphatic carbocycles. The van der Waals surface area contributed by atoms with E-state index in [2.05, 4.69) is 49.7 Å². The highest BCUT2D eigenvalue weighted by Crippen LogP contribution is 2.44.